The molecule has 10 nitrogen and oxygen atoms in total. The van der Waals surface area contributed by atoms with Crippen molar-refractivity contribution in [1.29, 1.82) is 0 Å². The molecule has 0 aliphatic heterocycles. The third kappa shape index (κ3) is 7.90. The SMILES string of the molecule is COC(=O)c1cc(=O)c2cc(C)c3cccnc3c2[nH]1.COC(=O)c1cc(Cl)c2cc(C)c3cccnc3c2n1.O=P(Cl)(Cl)Cl.[2HH]. The first kappa shape index (κ1) is 34.1. The molecule has 4 heterocycles. The fourth-order valence-corrected chi connectivity index (χ4v) is 4.84. The van der Waals surface area contributed by atoms with Crippen molar-refractivity contribution in [2.24, 2.45) is 0 Å². The van der Waals surface area contributed by atoms with E-state index in [0.717, 1.165) is 32.8 Å². The van der Waals surface area contributed by atoms with Crippen molar-refractivity contribution in [3.8, 4) is 0 Å². The summed E-state index contributed by atoms with van der Waals surface area (Å²) >= 11 is 20.1. The number of methoxy groups -OCH3 is 2. The molecule has 45 heavy (non-hydrogen) atoms. The van der Waals surface area contributed by atoms with Gasteiger partial charge in [-0.05, 0) is 89.0 Å². The van der Waals surface area contributed by atoms with Crippen LogP contribution in [-0.2, 0) is 14.0 Å². The standard InChI is InChI=1S/C15H11ClN2O2.C15H12N2O3.Cl3OP.H2/c1-8-6-10-11(16)7-12(15(19)20-2)18-14(10)13-9(8)4-3-5-17-13;1-8-6-10-12(18)7-11(15(19)20-2)17-14(10)13-9(8)4-3-5-16-13;1-5(2,3)4;/h3-7H,1-2H3;3-7H,1-2H3,(H,17,18);;1H/i;;;1+1. The Bertz CT molecular complexity index is 2220. The Morgan fingerprint density at radius 1 is 0.800 bits per heavy atom. The molecule has 6 rings (SSSR count). The van der Waals surface area contributed by atoms with Crippen molar-refractivity contribution in [3.05, 3.63) is 98.7 Å². The van der Waals surface area contributed by atoms with Gasteiger partial charge in [0.1, 0.15) is 5.69 Å². The van der Waals surface area contributed by atoms with Crippen molar-refractivity contribution in [2.75, 3.05) is 14.2 Å². The second-order valence-corrected chi connectivity index (χ2v) is 16.5. The number of rotatable bonds is 2. The maximum atomic E-state index is 12.2. The van der Waals surface area contributed by atoms with E-state index in [9.17, 15) is 18.9 Å². The number of aromatic amines is 1. The summed E-state index contributed by atoms with van der Waals surface area (Å²) in [5.41, 5.74) is 4.68. The number of halogens is 4. The van der Waals surface area contributed by atoms with Crippen LogP contribution in [0, 0.1) is 13.8 Å². The normalized spacial score (nSPS) is 11.0. The Morgan fingerprint density at radius 2 is 1.33 bits per heavy atom. The minimum atomic E-state index is -3.22. The third-order valence-corrected chi connectivity index (χ3v) is 6.84. The van der Waals surface area contributed by atoms with Crippen LogP contribution in [0.25, 0.3) is 43.6 Å². The number of H-pyrrole nitrogens is 1. The van der Waals surface area contributed by atoms with Crippen LogP contribution < -0.4 is 5.43 Å². The number of hydrogen-bond acceptors (Lipinski definition) is 9. The lowest BCUT2D eigenvalue weighted by molar-refractivity contribution is 0.0586. The van der Waals surface area contributed by atoms with E-state index in [-0.39, 0.29) is 18.2 Å². The second-order valence-electron chi connectivity index (χ2n) is 9.42. The molecule has 0 saturated heterocycles. The van der Waals surface area contributed by atoms with Gasteiger partial charge < -0.3 is 14.5 Å². The zero-order valence-electron chi connectivity index (χ0n) is 24.0. The zero-order valence-corrected chi connectivity index (χ0v) is 27.9. The topological polar surface area (TPSA) is 141 Å². The van der Waals surface area contributed by atoms with Crippen LogP contribution >= 0.6 is 50.5 Å². The molecule has 0 spiro atoms. The molecule has 2 aromatic carbocycles. The number of aromatic nitrogens is 4. The molecule has 234 valence electrons. The number of hydrogen-bond donors (Lipinski definition) is 1. The van der Waals surface area contributed by atoms with Crippen LogP contribution in [-0.4, -0.2) is 46.1 Å². The number of benzene rings is 2. The van der Waals surface area contributed by atoms with Crippen molar-refractivity contribution < 1.29 is 25.1 Å². The molecule has 0 radical (unpaired) electrons. The highest BCUT2D eigenvalue weighted by molar-refractivity contribution is 8.24. The van der Waals surface area contributed by atoms with E-state index in [0.29, 0.717) is 27.0 Å². The molecule has 0 unspecified atom stereocenters. The van der Waals surface area contributed by atoms with Gasteiger partial charge in [0.2, 0.25) is 0 Å². The number of nitrogens with one attached hydrogen (secondary N) is 1. The predicted molar refractivity (Wildman–Crippen MR) is 181 cm³/mol. The number of aryl methyl sites for hydroxylation is 2. The minimum Gasteiger partial charge on any atom is -0.464 e. The van der Waals surface area contributed by atoms with Crippen LogP contribution in [0.2, 0.25) is 5.02 Å². The molecule has 0 fully saturated rings. The van der Waals surface area contributed by atoms with E-state index in [1.807, 2.05) is 44.2 Å². The first-order chi connectivity index (χ1) is 21.2. The summed E-state index contributed by atoms with van der Waals surface area (Å²) in [7, 11) is 2.59. The number of fused-ring (bicyclic) bond motifs is 6. The Balaban J connectivity index is 0.000000215. The lowest BCUT2D eigenvalue weighted by Gasteiger charge is -2.08. The average Bonchev–Trinajstić information content (AvgIpc) is 3.01. The largest absolute Gasteiger partial charge is 0.464 e. The van der Waals surface area contributed by atoms with Gasteiger partial charge in [0, 0.05) is 41.4 Å². The Kier molecular flexibility index (Phi) is 10.7. The van der Waals surface area contributed by atoms with Crippen molar-refractivity contribution >= 4 is 106 Å². The fraction of sp³-hybridized carbons (Fsp3) is 0.133. The maximum Gasteiger partial charge on any atom is 0.356 e. The molecule has 0 aliphatic rings. The van der Waals surface area contributed by atoms with E-state index in [4.69, 9.17) is 16.3 Å². The summed E-state index contributed by atoms with van der Waals surface area (Å²) in [6.45, 7) is 3.92. The summed E-state index contributed by atoms with van der Waals surface area (Å²) in [6.07, 6.45) is 3.35. The summed E-state index contributed by atoms with van der Waals surface area (Å²) in [6, 6.07) is 14.1. The molecule has 6 aromatic rings. The molecule has 0 atom stereocenters. The number of nitrogens with zero attached hydrogens (tertiary/aromatic N) is 3. The van der Waals surface area contributed by atoms with Crippen LogP contribution in [0.5, 0.6) is 0 Å². The number of carbonyl (C=O) groups excluding carboxylic acids is 2. The highest BCUT2D eigenvalue weighted by Gasteiger charge is 2.16. The molecule has 15 heteroatoms. The zero-order chi connectivity index (χ0) is 33.1. The summed E-state index contributed by atoms with van der Waals surface area (Å²) in [4.78, 5) is 51.4. The Hall–Kier alpha value is -3.79. The Morgan fingerprint density at radius 3 is 1.91 bits per heavy atom. The van der Waals surface area contributed by atoms with Crippen LogP contribution in [0.15, 0.2) is 65.7 Å². The van der Waals surface area contributed by atoms with Crippen LogP contribution in [0.1, 0.15) is 33.5 Å². The molecule has 1 N–H and O–H groups in total. The van der Waals surface area contributed by atoms with Gasteiger partial charge in [0.15, 0.2) is 11.1 Å². The number of pyridine rings is 4. The predicted octanol–water partition coefficient (Wildman–Crippen LogP) is 8.76. The van der Waals surface area contributed by atoms with E-state index < -0.39 is 17.1 Å². The first-order valence-electron chi connectivity index (χ1n) is 12.8. The van der Waals surface area contributed by atoms with Crippen molar-refractivity contribution in [1.82, 2.24) is 19.9 Å². The van der Waals surface area contributed by atoms with Crippen LogP contribution in [0.3, 0.4) is 0 Å². The number of carbonyl (C=O) groups is 2. The third-order valence-electron chi connectivity index (χ3n) is 6.53. The first-order valence-corrected chi connectivity index (χ1v) is 17.6. The average molecular weight is 711 g/mol. The summed E-state index contributed by atoms with van der Waals surface area (Å²) < 4.78 is 18.9. The van der Waals surface area contributed by atoms with E-state index in [1.54, 1.807) is 18.5 Å². The summed E-state index contributed by atoms with van der Waals surface area (Å²) in [5.74, 6) is -1.09. The van der Waals surface area contributed by atoms with Gasteiger partial charge in [-0.25, -0.2) is 14.6 Å². The second kappa shape index (κ2) is 14.1. The van der Waals surface area contributed by atoms with Gasteiger partial charge in [-0.3, -0.25) is 19.3 Å². The van der Waals surface area contributed by atoms with E-state index in [1.165, 1.54) is 26.4 Å². The fourth-order valence-electron chi connectivity index (χ4n) is 4.59. The lowest BCUT2D eigenvalue weighted by Crippen LogP contribution is -2.12. The molecule has 4 aromatic heterocycles. The highest BCUT2D eigenvalue weighted by atomic mass is 36.0. The Labute approximate surface area is 276 Å². The van der Waals surface area contributed by atoms with Crippen molar-refractivity contribution in [3.63, 3.8) is 0 Å². The molecule has 0 bridgehead atoms. The maximum absolute atomic E-state index is 12.2. The molecule has 0 aliphatic carbocycles. The molecular formula is C30H25Cl4N4O6P. The minimum absolute atomic E-state index is 0. The quantitative estimate of drug-likeness (QED) is 0.106. The van der Waals surface area contributed by atoms with Gasteiger partial charge in [-0.15, -0.1) is 0 Å². The number of esters is 2. The smallest absolute Gasteiger partial charge is 0.356 e. The highest BCUT2D eigenvalue weighted by Crippen LogP contribution is 2.61. The van der Waals surface area contributed by atoms with Gasteiger partial charge >= 0.3 is 17.1 Å². The summed E-state index contributed by atoms with van der Waals surface area (Å²) in [5, 5.41) is 0.471. The lowest BCUT2D eigenvalue weighted by atomic mass is 10.0. The van der Waals surface area contributed by atoms with E-state index >= 15 is 0 Å². The molecule has 0 saturated carbocycles. The van der Waals surface area contributed by atoms with E-state index in [2.05, 4.69) is 58.4 Å². The molecule has 0 amide bonds. The number of ether oxygens (including phenoxy) is 2. The van der Waals surface area contributed by atoms with Gasteiger partial charge in [0.05, 0.1) is 41.3 Å². The van der Waals surface area contributed by atoms with Crippen molar-refractivity contribution in [2.45, 2.75) is 13.8 Å². The molecular weight excluding hydrogens is 685 g/mol. The van der Waals surface area contributed by atoms with Gasteiger partial charge in [-0.2, -0.15) is 0 Å². The van der Waals surface area contributed by atoms with Gasteiger partial charge in [0.25, 0.3) is 0 Å². The van der Waals surface area contributed by atoms with Crippen LogP contribution in [0.4, 0.5) is 0 Å². The monoisotopic (exact) mass is 709 g/mol. The van der Waals surface area contributed by atoms with Gasteiger partial charge in [-0.1, -0.05) is 23.7 Å².